The van der Waals surface area contributed by atoms with E-state index in [1.165, 1.54) is 0 Å². The molecule has 0 amide bonds. The summed E-state index contributed by atoms with van der Waals surface area (Å²) in [5.41, 5.74) is 4.87. The summed E-state index contributed by atoms with van der Waals surface area (Å²) in [4.78, 5) is 0. The van der Waals surface area contributed by atoms with Crippen LogP contribution in [0.4, 0.5) is 5.69 Å². The fraction of sp³-hybridized carbons (Fsp3) is 0.0833. The minimum absolute atomic E-state index is 0.519. The van der Waals surface area contributed by atoms with E-state index in [0.717, 1.165) is 33.9 Å². The minimum atomic E-state index is 0.519. The summed E-state index contributed by atoms with van der Waals surface area (Å²) in [7, 11) is 1.64. The van der Waals surface area contributed by atoms with Gasteiger partial charge >= 0.3 is 0 Å². The average Bonchev–Trinajstić information content (AvgIpc) is 3.24. The number of thiocarbonyl (C=S) groups is 1. The number of methoxy groups -OCH3 is 1. The van der Waals surface area contributed by atoms with E-state index in [1.807, 2.05) is 83.7 Å². The molecule has 0 atom stereocenters. The van der Waals surface area contributed by atoms with Gasteiger partial charge in [-0.2, -0.15) is 5.10 Å². The number of nitrogens with zero attached hydrogens (tertiary/aromatic N) is 2. The lowest BCUT2D eigenvalue weighted by atomic mass is 10.1. The van der Waals surface area contributed by atoms with Gasteiger partial charge in [0.25, 0.3) is 0 Å². The van der Waals surface area contributed by atoms with Gasteiger partial charge in [-0.1, -0.05) is 60.7 Å². The second kappa shape index (κ2) is 9.24. The molecule has 6 heteroatoms. The van der Waals surface area contributed by atoms with Crippen molar-refractivity contribution in [2.45, 2.75) is 6.54 Å². The predicted octanol–water partition coefficient (Wildman–Crippen LogP) is 5.03. The van der Waals surface area contributed by atoms with Crippen molar-refractivity contribution >= 4 is 23.0 Å². The van der Waals surface area contributed by atoms with E-state index in [1.54, 1.807) is 7.11 Å². The van der Waals surface area contributed by atoms with E-state index in [2.05, 4.69) is 22.8 Å². The largest absolute Gasteiger partial charge is 0.495 e. The zero-order valence-corrected chi connectivity index (χ0v) is 17.4. The maximum Gasteiger partial charge on any atom is 0.171 e. The van der Waals surface area contributed by atoms with Crippen LogP contribution in [0.15, 0.2) is 91.1 Å². The number of rotatable bonds is 6. The lowest BCUT2D eigenvalue weighted by molar-refractivity contribution is 0.417. The van der Waals surface area contributed by atoms with E-state index in [4.69, 9.17) is 22.1 Å². The van der Waals surface area contributed by atoms with Crippen molar-refractivity contribution in [1.82, 2.24) is 15.1 Å². The molecule has 4 aromatic rings. The number of aromatic nitrogens is 2. The van der Waals surface area contributed by atoms with Crippen LogP contribution in [0.25, 0.3) is 16.9 Å². The standard InChI is InChI=1S/C24H22N4OS/c1-29-22-15-9-8-14-21(22)26-24(30)25-16-19-17-28(20-12-6-3-7-13-20)27-23(19)18-10-4-2-5-11-18/h2-15,17H,16H2,1H3,(H2,25,26,30). The van der Waals surface area contributed by atoms with Gasteiger partial charge in [0, 0.05) is 23.9 Å². The molecular weight excluding hydrogens is 392 g/mol. The Balaban J connectivity index is 1.55. The number of benzene rings is 3. The van der Waals surface area contributed by atoms with E-state index in [-0.39, 0.29) is 0 Å². The molecule has 0 radical (unpaired) electrons. The normalized spacial score (nSPS) is 10.4. The lowest BCUT2D eigenvalue weighted by Gasteiger charge is -2.13. The van der Waals surface area contributed by atoms with Gasteiger partial charge in [-0.05, 0) is 36.5 Å². The first-order chi connectivity index (χ1) is 14.7. The molecule has 1 aromatic heterocycles. The van der Waals surface area contributed by atoms with Crippen molar-refractivity contribution < 1.29 is 4.74 Å². The van der Waals surface area contributed by atoms with Gasteiger partial charge in [0.2, 0.25) is 0 Å². The number of para-hydroxylation sites is 3. The van der Waals surface area contributed by atoms with E-state index in [9.17, 15) is 0 Å². The van der Waals surface area contributed by atoms with Crippen LogP contribution in [-0.4, -0.2) is 22.0 Å². The van der Waals surface area contributed by atoms with E-state index >= 15 is 0 Å². The molecule has 0 fully saturated rings. The number of anilines is 1. The molecule has 0 aliphatic carbocycles. The van der Waals surface area contributed by atoms with Crippen molar-refractivity contribution in [3.8, 4) is 22.7 Å². The minimum Gasteiger partial charge on any atom is -0.495 e. The highest BCUT2D eigenvalue weighted by atomic mass is 32.1. The summed E-state index contributed by atoms with van der Waals surface area (Å²) in [5.74, 6) is 0.739. The Morgan fingerprint density at radius 3 is 2.33 bits per heavy atom. The third kappa shape index (κ3) is 4.50. The Morgan fingerprint density at radius 2 is 1.60 bits per heavy atom. The molecule has 0 aliphatic heterocycles. The first-order valence-electron chi connectivity index (χ1n) is 9.62. The van der Waals surface area contributed by atoms with Crippen LogP contribution in [-0.2, 0) is 6.54 Å². The zero-order chi connectivity index (χ0) is 20.8. The molecular formula is C24H22N4OS. The van der Waals surface area contributed by atoms with Crippen molar-refractivity contribution in [2.24, 2.45) is 0 Å². The SMILES string of the molecule is COc1ccccc1NC(=S)NCc1cn(-c2ccccc2)nc1-c1ccccc1. The van der Waals surface area contributed by atoms with Crippen LogP contribution < -0.4 is 15.4 Å². The van der Waals surface area contributed by atoms with Crippen molar-refractivity contribution in [2.75, 3.05) is 12.4 Å². The number of nitrogens with one attached hydrogen (secondary N) is 2. The summed E-state index contributed by atoms with van der Waals surface area (Å²) >= 11 is 5.50. The number of hydrogen-bond donors (Lipinski definition) is 2. The second-order valence-corrected chi connectivity index (χ2v) is 7.07. The highest BCUT2D eigenvalue weighted by molar-refractivity contribution is 7.80. The smallest absolute Gasteiger partial charge is 0.171 e. The number of hydrogen-bond acceptors (Lipinski definition) is 3. The number of ether oxygens (including phenoxy) is 1. The van der Waals surface area contributed by atoms with Crippen LogP contribution in [0.2, 0.25) is 0 Å². The highest BCUT2D eigenvalue weighted by Gasteiger charge is 2.13. The highest BCUT2D eigenvalue weighted by Crippen LogP contribution is 2.25. The zero-order valence-electron chi connectivity index (χ0n) is 16.6. The third-order valence-electron chi connectivity index (χ3n) is 4.65. The monoisotopic (exact) mass is 414 g/mol. The van der Waals surface area contributed by atoms with Crippen molar-refractivity contribution in [3.63, 3.8) is 0 Å². The molecule has 0 bridgehead atoms. The Hall–Kier alpha value is -3.64. The molecule has 0 saturated carbocycles. The molecule has 5 nitrogen and oxygen atoms in total. The molecule has 0 spiro atoms. The average molecular weight is 415 g/mol. The van der Waals surface area contributed by atoms with Crippen LogP contribution in [0.1, 0.15) is 5.56 Å². The quantitative estimate of drug-likeness (QED) is 0.433. The second-order valence-electron chi connectivity index (χ2n) is 6.66. The molecule has 0 aliphatic rings. The van der Waals surface area contributed by atoms with Crippen molar-refractivity contribution in [1.29, 1.82) is 0 Å². The maximum absolute atomic E-state index is 5.50. The topological polar surface area (TPSA) is 51.1 Å². The molecule has 1 heterocycles. The Morgan fingerprint density at radius 1 is 0.933 bits per heavy atom. The lowest BCUT2D eigenvalue weighted by Crippen LogP contribution is -2.28. The fourth-order valence-corrected chi connectivity index (χ4v) is 3.36. The fourth-order valence-electron chi connectivity index (χ4n) is 3.18. The molecule has 0 unspecified atom stereocenters. The molecule has 0 saturated heterocycles. The summed E-state index contributed by atoms with van der Waals surface area (Å²) in [5, 5.41) is 11.8. The van der Waals surface area contributed by atoms with Gasteiger partial charge < -0.3 is 15.4 Å². The Bertz CT molecular complexity index is 1130. The van der Waals surface area contributed by atoms with Gasteiger partial charge in [-0.3, -0.25) is 0 Å². The summed E-state index contributed by atoms with van der Waals surface area (Å²) in [6.45, 7) is 0.540. The molecule has 150 valence electrons. The Kier molecular flexibility index (Phi) is 6.06. The van der Waals surface area contributed by atoms with Gasteiger partial charge in [-0.25, -0.2) is 4.68 Å². The first kappa shape index (κ1) is 19.7. The van der Waals surface area contributed by atoms with Crippen LogP contribution in [0, 0.1) is 0 Å². The van der Waals surface area contributed by atoms with Crippen LogP contribution in [0.3, 0.4) is 0 Å². The first-order valence-corrected chi connectivity index (χ1v) is 10.0. The summed E-state index contributed by atoms with van der Waals surface area (Å²) in [6.07, 6.45) is 2.04. The summed E-state index contributed by atoms with van der Waals surface area (Å²) < 4.78 is 7.27. The molecule has 2 N–H and O–H groups in total. The summed E-state index contributed by atoms with van der Waals surface area (Å²) in [6, 6.07) is 27.9. The molecule has 4 rings (SSSR count). The molecule has 30 heavy (non-hydrogen) atoms. The van der Waals surface area contributed by atoms with Crippen molar-refractivity contribution in [3.05, 3.63) is 96.7 Å². The van der Waals surface area contributed by atoms with Crippen LogP contribution in [0.5, 0.6) is 5.75 Å². The van der Waals surface area contributed by atoms with Gasteiger partial charge in [-0.15, -0.1) is 0 Å². The van der Waals surface area contributed by atoms with E-state index < -0.39 is 0 Å². The van der Waals surface area contributed by atoms with Crippen LogP contribution >= 0.6 is 12.2 Å². The maximum atomic E-state index is 5.50. The van der Waals surface area contributed by atoms with Gasteiger partial charge in [0.05, 0.1) is 24.2 Å². The van der Waals surface area contributed by atoms with E-state index in [0.29, 0.717) is 11.7 Å². The Labute approximate surface area is 181 Å². The third-order valence-corrected chi connectivity index (χ3v) is 4.90. The van der Waals surface area contributed by atoms with Gasteiger partial charge in [0.15, 0.2) is 5.11 Å². The predicted molar refractivity (Wildman–Crippen MR) is 125 cm³/mol. The van der Waals surface area contributed by atoms with Gasteiger partial charge in [0.1, 0.15) is 5.75 Å². The molecule has 3 aromatic carbocycles.